The zero-order chi connectivity index (χ0) is 20.1. The minimum absolute atomic E-state index is 0.137. The highest BCUT2D eigenvalue weighted by Crippen LogP contribution is 2.18. The van der Waals surface area contributed by atoms with Crippen LogP contribution in [0.15, 0.2) is 36.4 Å². The number of carboxylic acid groups (broad SMARTS) is 1. The Morgan fingerprint density at radius 1 is 1.23 bits per heavy atom. The molecule has 1 aromatic carbocycles. The number of carboxylic acids is 1. The van der Waals surface area contributed by atoms with Gasteiger partial charge in [-0.15, -0.1) is 0 Å². The monoisotopic (exact) mass is 363 g/mol. The molecular weight excluding hydrogens is 338 g/mol. The van der Waals surface area contributed by atoms with Crippen LogP contribution in [0.4, 0.5) is 0 Å². The van der Waals surface area contributed by atoms with Gasteiger partial charge < -0.3 is 19.8 Å². The van der Waals surface area contributed by atoms with Crippen LogP contribution in [0.1, 0.15) is 38.1 Å². The molecule has 7 nitrogen and oxygen atoms in total. The van der Waals surface area contributed by atoms with E-state index in [2.05, 4.69) is 6.58 Å². The molecule has 26 heavy (non-hydrogen) atoms. The summed E-state index contributed by atoms with van der Waals surface area (Å²) in [6.45, 7) is 9.82. The highest BCUT2D eigenvalue weighted by atomic mass is 16.5. The Hall–Kier alpha value is -2.67. The first-order valence-electron chi connectivity index (χ1n) is 8.18. The minimum Gasteiger partial charge on any atom is -0.478 e. The number of likely N-dealkylation sites (N-methyl/N-ethyl adjacent to an activating group) is 1. The molecule has 0 aliphatic heterocycles. The van der Waals surface area contributed by atoms with Gasteiger partial charge in [0.2, 0.25) is 12.0 Å². The molecule has 1 atom stereocenters. The highest BCUT2D eigenvalue weighted by Gasteiger charge is 2.27. The first-order chi connectivity index (χ1) is 12.0. The van der Waals surface area contributed by atoms with Crippen LogP contribution in [0.3, 0.4) is 0 Å². The second kappa shape index (κ2) is 8.62. The Labute approximate surface area is 152 Å². The molecule has 0 radical (unpaired) electrons. The summed E-state index contributed by atoms with van der Waals surface area (Å²) < 4.78 is 5.46. The van der Waals surface area contributed by atoms with Crippen LogP contribution in [-0.2, 0) is 9.59 Å². The molecule has 0 fully saturated rings. The van der Waals surface area contributed by atoms with E-state index < -0.39 is 23.5 Å². The Morgan fingerprint density at radius 3 is 2.15 bits per heavy atom. The lowest BCUT2D eigenvalue weighted by molar-refractivity contribution is -0.146. The molecule has 0 aliphatic rings. The number of hydrogen-bond acceptors (Lipinski definition) is 5. The van der Waals surface area contributed by atoms with Crippen molar-refractivity contribution in [3.05, 3.63) is 42.0 Å². The van der Waals surface area contributed by atoms with Crippen molar-refractivity contribution in [3.63, 3.8) is 0 Å². The van der Waals surface area contributed by atoms with E-state index in [-0.39, 0.29) is 23.8 Å². The SMILES string of the molecule is C=C(C)C(=O)N(CC)CC(Oc1ccc(C(=O)C(C)(C)O)cc1)C(=O)O. The van der Waals surface area contributed by atoms with Crippen LogP contribution in [0.5, 0.6) is 5.75 Å². The van der Waals surface area contributed by atoms with Gasteiger partial charge in [0.05, 0.1) is 6.54 Å². The first kappa shape index (κ1) is 21.4. The van der Waals surface area contributed by atoms with Crippen molar-refractivity contribution in [2.75, 3.05) is 13.1 Å². The summed E-state index contributed by atoms with van der Waals surface area (Å²) in [5.74, 6) is -1.77. The summed E-state index contributed by atoms with van der Waals surface area (Å²) in [5.41, 5.74) is -0.911. The first-order valence-corrected chi connectivity index (χ1v) is 8.18. The molecule has 0 heterocycles. The van der Waals surface area contributed by atoms with E-state index in [9.17, 15) is 24.6 Å². The smallest absolute Gasteiger partial charge is 0.346 e. The fourth-order valence-electron chi connectivity index (χ4n) is 2.19. The molecule has 1 amide bonds. The van der Waals surface area contributed by atoms with Gasteiger partial charge in [-0.3, -0.25) is 9.59 Å². The zero-order valence-electron chi connectivity index (χ0n) is 15.5. The number of benzene rings is 1. The lowest BCUT2D eigenvalue weighted by Crippen LogP contribution is -2.43. The van der Waals surface area contributed by atoms with Gasteiger partial charge >= 0.3 is 5.97 Å². The average molecular weight is 363 g/mol. The number of aliphatic carboxylic acids is 1. The molecule has 2 N–H and O–H groups in total. The molecular formula is C19H25NO6. The molecule has 1 unspecified atom stereocenters. The maximum absolute atomic E-state index is 12.0. The fraction of sp³-hybridized carbons (Fsp3) is 0.421. The van der Waals surface area contributed by atoms with Crippen molar-refractivity contribution in [3.8, 4) is 5.75 Å². The van der Waals surface area contributed by atoms with E-state index in [1.807, 2.05) is 0 Å². The summed E-state index contributed by atoms with van der Waals surface area (Å²) in [6, 6.07) is 5.80. The molecule has 0 spiro atoms. The van der Waals surface area contributed by atoms with E-state index in [0.717, 1.165) is 0 Å². The number of carbonyl (C=O) groups excluding carboxylic acids is 2. The zero-order valence-corrected chi connectivity index (χ0v) is 15.5. The number of ketones is 1. The van der Waals surface area contributed by atoms with Crippen molar-refractivity contribution < 1.29 is 29.3 Å². The summed E-state index contributed by atoms with van der Waals surface area (Å²) in [4.78, 5) is 36.8. The van der Waals surface area contributed by atoms with Gasteiger partial charge in [-0.25, -0.2) is 4.79 Å². The Kier molecular flexibility index (Phi) is 7.09. The number of carbonyl (C=O) groups is 3. The number of Topliss-reactive ketones (excluding diaryl/α,β-unsaturated/α-hetero) is 1. The summed E-state index contributed by atoms with van der Waals surface area (Å²) >= 11 is 0. The Morgan fingerprint density at radius 2 is 1.77 bits per heavy atom. The average Bonchev–Trinajstić information content (AvgIpc) is 2.56. The minimum atomic E-state index is -1.50. The van der Waals surface area contributed by atoms with Gasteiger partial charge in [-0.05, 0) is 52.0 Å². The van der Waals surface area contributed by atoms with Crippen molar-refractivity contribution in [1.29, 1.82) is 0 Å². The lowest BCUT2D eigenvalue weighted by atomic mass is 9.97. The predicted octanol–water partition coefficient (Wildman–Crippen LogP) is 1.90. The molecule has 7 heteroatoms. The maximum Gasteiger partial charge on any atom is 0.346 e. The van der Waals surface area contributed by atoms with E-state index >= 15 is 0 Å². The quantitative estimate of drug-likeness (QED) is 0.513. The maximum atomic E-state index is 12.0. The van der Waals surface area contributed by atoms with Gasteiger partial charge in [0.25, 0.3) is 0 Å². The lowest BCUT2D eigenvalue weighted by Gasteiger charge is -2.25. The number of amides is 1. The third-order valence-electron chi connectivity index (χ3n) is 3.65. The van der Waals surface area contributed by atoms with Crippen LogP contribution in [-0.4, -0.2) is 57.6 Å². The van der Waals surface area contributed by atoms with Crippen LogP contribution in [0.25, 0.3) is 0 Å². The summed E-state index contributed by atoms with van der Waals surface area (Å²) in [6.07, 6.45) is -1.27. The number of ether oxygens (including phenoxy) is 1. The summed E-state index contributed by atoms with van der Waals surface area (Å²) in [7, 11) is 0. The molecule has 0 bridgehead atoms. The molecule has 0 saturated carbocycles. The van der Waals surface area contributed by atoms with Gasteiger partial charge in [0.15, 0.2) is 5.78 Å². The van der Waals surface area contributed by atoms with E-state index in [4.69, 9.17) is 4.74 Å². The second-order valence-electron chi connectivity index (χ2n) is 6.48. The Balaban J connectivity index is 2.91. The second-order valence-corrected chi connectivity index (χ2v) is 6.48. The van der Waals surface area contributed by atoms with Gasteiger partial charge in [-0.1, -0.05) is 6.58 Å². The van der Waals surface area contributed by atoms with E-state index in [0.29, 0.717) is 12.1 Å². The number of nitrogens with zero attached hydrogens (tertiary/aromatic N) is 1. The summed E-state index contributed by atoms with van der Waals surface area (Å²) in [5, 5.41) is 19.1. The van der Waals surface area contributed by atoms with Gasteiger partial charge in [-0.2, -0.15) is 0 Å². The highest BCUT2D eigenvalue weighted by molar-refractivity contribution is 6.01. The predicted molar refractivity (Wildman–Crippen MR) is 96.2 cm³/mol. The number of rotatable bonds is 9. The molecule has 1 aromatic rings. The van der Waals surface area contributed by atoms with Gasteiger partial charge in [0.1, 0.15) is 11.4 Å². The van der Waals surface area contributed by atoms with Crippen LogP contribution < -0.4 is 4.74 Å². The van der Waals surface area contributed by atoms with Gasteiger partial charge in [0, 0.05) is 17.7 Å². The van der Waals surface area contributed by atoms with Crippen molar-refractivity contribution in [2.45, 2.75) is 39.4 Å². The van der Waals surface area contributed by atoms with Crippen LogP contribution in [0.2, 0.25) is 0 Å². The molecule has 0 aromatic heterocycles. The third kappa shape index (κ3) is 5.70. The van der Waals surface area contributed by atoms with Crippen LogP contribution >= 0.6 is 0 Å². The number of hydrogen-bond donors (Lipinski definition) is 2. The molecule has 1 rings (SSSR count). The van der Waals surface area contributed by atoms with Crippen molar-refractivity contribution in [2.24, 2.45) is 0 Å². The normalized spacial score (nSPS) is 12.2. The molecule has 0 aliphatic carbocycles. The topological polar surface area (TPSA) is 104 Å². The van der Waals surface area contributed by atoms with Crippen molar-refractivity contribution in [1.82, 2.24) is 4.90 Å². The van der Waals surface area contributed by atoms with E-state index in [1.54, 1.807) is 13.8 Å². The van der Waals surface area contributed by atoms with Crippen molar-refractivity contribution >= 4 is 17.7 Å². The third-order valence-corrected chi connectivity index (χ3v) is 3.65. The van der Waals surface area contributed by atoms with E-state index in [1.165, 1.54) is 43.0 Å². The largest absolute Gasteiger partial charge is 0.478 e. The molecule has 0 saturated heterocycles. The standard InChI is InChI=1S/C19H25NO6/c1-6-20(17(22)12(2)3)11-15(18(23)24)26-14-9-7-13(8-10-14)16(21)19(4,5)25/h7-10,15,25H,2,6,11H2,1,3-5H3,(H,23,24). The molecule has 142 valence electrons. The fourth-order valence-corrected chi connectivity index (χ4v) is 2.19. The number of aliphatic hydroxyl groups is 1. The van der Waals surface area contributed by atoms with Crippen LogP contribution in [0, 0.1) is 0 Å². The Bertz CT molecular complexity index is 687.